The number of allylic oxidation sites excluding steroid dienone is 2. The molecule has 0 aromatic heterocycles. The van der Waals surface area contributed by atoms with Gasteiger partial charge in [0, 0.05) is 11.1 Å². The first-order valence-corrected chi connectivity index (χ1v) is 3.58. The third kappa shape index (κ3) is 0.922. The molecular formula is C8H12N4. The molecule has 0 saturated carbocycles. The van der Waals surface area contributed by atoms with Crippen LogP contribution in [0.2, 0.25) is 0 Å². The van der Waals surface area contributed by atoms with Gasteiger partial charge in [-0.1, -0.05) is 0 Å². The van der Waals surface area contributed by atoms with Crippen molar-refractivity contribution < 1.29 is 0 Å². The Labute approximate surface area is 71.0 Å². The summed E-state index contributed by atoms with van der Waals surface area (Å²) in [6.07, 6.45) is 0. The maximum atomic E-state index is 7.50. The lowest BCUT2D eigenvalue weighted by Crippen LogP contribution is -2.28. The first kappa shape index (κ1) is 8.52. The van der Waals surface area contributed by atoms with Gasteiger partial charge in [-0.3, -0.25) is 10.8 Å². The van der Waals surface area contributed by atoms with Crippen LogP contribution in [-0.4, -0.2) is 11.4 Å². The van der Waals surface area contributed by atoms with Crippen molar-refractivity contribution in [3.05, 3.63) is 22.5 Å². The number of nitrogens with two attached hydrogens (primary N) is 2. The van der Waals surface area contributed by atoms with Crippen LogP contribution in [0.15, 0.2) is 22.5 Å². The Morgan fingerprint density at radius 1 is 0.833 bits per heavy atom. The summed E-state index contributed by atoms with van der Waals surface area (Å²) in [7, 11) is 0. The molecule has 12 heavy (non-hydrogen) atoms. The average Bonchev–Trinajstić information content (AvgIpc) is 2.08. The Hall–Kier alpha value is -1.58. The molecule has 0 aliphatic heterocycles. The molecule has 1 aliphatic rings. The highest BCUT2D eigenvalue weighted by molar-refractivity contribution is 6.52. The monoisotopic (exact) mass is 164 g/mol. The van der Waals surface area contributed by atoms with Gasteiger partial charge < -0.3 is 11.5 Å². The molecule has 0 aromatic carbocycles. The molecule has 0 bridgehead atoms. The van der Waals surface area contributed by atoms with E-state index in [1.54, 1.807) is 13.8 Å². The Bertz CT molecular complexity index is 284. The van der Waals surface area contributed by atoms with E-state index < -0.39 is 0 Å². The summed E-state index contributed by atoms with van der Waals surface area (Å²) in [5.41, 5.74) is 13.6. The zero-order valence-corrected chi connectivity index (χ0v) is 7.15. The van der Waals surface area contributed by atoms with E-state index in [9.17, 15) is 0 Å². The minimum Gasteiger partial charge on any atom is -0.397 e. The second-order valence-electron chi connectivity index (χ2n) is 2.83. The predicted molar refractivity (Wildman–Crippen MR) is 49.2 cm³/mol. The lowest BCUT2D eigenvalue weighted by molar-refractivity contribution is 1.16. The molecule has 0 atom stereocenters. The highest BCUT2D eigenvalue weighted by atomic mass is 14.7. The van der Waals surface area contributed by atoms with Crippen LogP contribution < -0.4 is 11.5 Å². The fourth-order valence-corrected chi connectivity index (χ4v) is 1.05. The van der Waals surface area contributed by atoms with Crippen LogP contribution in [0.5, 0.6) is 0 Å². The van der Waals surface area contributed by atoms with Crippen molar-refractivity contribution in [3.8, 4) is 0 Å². The van der Waals surface area contributed by atoms with Crippen LogP contribution in [0.3, 0.4) is 0 Å². The van der Waals surface area contributed by atoms with Crippen molar-refractivity contribution in [2.24, 2.45) is 11.5 Å². The van der Waals surface area contributed by atoms with E-state index in [1.807, 2.05) is 0 Å². The summed E-state index contributed by atoms with van der Waals surface area (Å²) in [6.45, 7) is 3.40. The highest BCUT2D eigenvalue weighted by Crippen LogP contribution is 2.18. The van der Waals surface area contributed by atoms with Crippen LogP contribution >= 0.6 is 0 Å². The van der Waals surface area contributed by atoms with Gasteiger partial charge in [0.15, 0.2) is 0 Å². The molecule has 6 N–H and O–H groups in total. The zero-order chi connectivity index (χ0) is 9.46. The molecule has 0 heterocycles. The Balaban J connectivity index is 3.37. The fraction of sp³-hybridized carbons (Fsp3) is 0.250. The Kier molecular flexibility index (Phi) is 1.76. The molecule has 0 radical (unpaired) electrons. The molecule has 4 heteroatoms. The van der Waals surface area contributed by atoms with Crippen molar-refractivity contribution in [2.45, 2.75) is 13.8 Å². The van der Waals surface area contributed by atoms with E-state index >= 15 is 0 Å². The van der Waals surface area contributed by atoms with Crippen LogP contribution in [-0.2, 0) is 0 Å². The second-order valence-corrected chi connectivity index (χ2v) is 2.83. The maximum Gasteiger partial charge on any atom is 0.0843 e. The van der Waals surface area contributed by atoms with Gasteiger partial charge in [-0.25, -0.2) is 0 Å². The van der Waals surface area contributed by atoms with Gasteiger partial charge in [-0.15, -0.1) is 0 Å². The van der Waals surface area contributed by atoms with Crippen LogP contribution in [0.25, 0.3) is 0 Å². The summed E-state index contributed by atoms with van der Waals surface area (Å²) in [5, 5.41) is 15.0. The van der Waals surface area contributed by atoms with E-state index in [2.05, 4.69) is 0 Å². The molecule has 64 valence electrons. The molecule has 4 nitrogen and oxygen atoms in total. The molecular weight excluding hydrogens is 152 g/mol. The van der Waals surface area contributed by atoms with Crippen LogP contribution in [0.1, 0.15) is 13.8 Å². The van der Waals surface area contributed by atoms with E-state index in [0.717, 1.165) is 0 Å². The summed E-state index contributed by atoms with van der Waals surface area (Å²) in [5.74, 6) is 0. The first-order valence-electron chi connectivity index (χ1n) is 3.58. The molecule has 0 spiro atoms. The molecule has 1 aliphatic carbocycles. The van der Waals surface area contributed by atoms with Gasteiger partial charge in [-0.2, -0.15) is 0 Å². The highest BCUT2D eigenvalue weighted by Gasteiger charge is 2.21. The van der Waals surface area contributed by atoms with Gasteiger partial charge in [0.05, 0.1) is 22.8 Å². The van der Waals surface area contributed by atoms with Gasteiger partial charge >= 0.3 is 0 Å². The minimum absolute atomic E-state index is 0.166. The Morgan fingerprint density at radius 3 is 1.33 bits per heavy atom. The molecule has 0 saturated heterocycles. The van der Waals surface area contributed by atoms with Crippen molar-refractivity contribution in [3.63, 3.8) is 0 Å². The van der Waals surface area contributed by atoms with Gasteiger partial charge in [0.25, 0.3) is 0 Å². The van der Waals surface area contributed by atoms with Crippen molar-refractivity contribution >= 4 is 11.4 Å². The standard InChI is InChI=1S/C8H12N4/c1-3-5(9)7(11)4(2)8(12)6(3)10/h9,11H,10,12H2,1-2H3. The zero-order valence-electron chi connectivity index (χ0n) is 7.15. The van der Waals surface area contributed by atoms with E-state index in [4.69, 9.17) is 22.3 Å². The SMILES string of the molecule is CC1=C(N)C(N)=C(C)C(=N)C1=N. The largest absolute Gasteiger partial charge is 0.397 e. The predicted octanol–water partition coefficient (Wildman–Crippen LogP) is 0.505. The molecule has 0 unspecified atom stereocenters. The third-order valence-electron chi connectivity index (χ3n) is 2.10. The van der Waals surface area contributed by atoms with Gasteiger partial charge in [0.2, 0.25) is 0 Å². The van der Waals surface area contributed by atoms with E-state index in [0.29, 0.717) is 22.5 Å². The number of hydrogen-bond donors (Lipinski definition) is 4. The molecule has 1 rings (SSSR count). The van der Waals surface area contributed by atoms with E-state index in [-0.39, 0.29) is 11.4 Å². The summed E-state index contributed by atoms with van der Waals surface area (Å²) >= 11 is 0. The molecule has 0 amide bonds. The van der Waals surface area contributed by atoms with Crippen molar-refractivity contribution in [2.75, 3.05) is 0 Å². The molecule has 0 fully saturated rings. The normalized spacial score (nSPS) is 19.2. The smallest absolute Gasteiger partial charge is 0.0843 e. The number of rotatable bonds is 0. The first-order chi connectivity index (χ1) is 5.46. The quantitative estimate of drug-likeness (QED) is 0.392. The second kappa shape index (κ2) is 2.48. The summed E-state index contributed by atoms with van der Waals surface area (Å²) in [6, 6.07) is 0. The summed E-state index contributed by atoms with van der Waals surface area (Å²) in [4.78, 5) is 0. The lowest BCUT2D eigenvalue weighted by atomic mass is 9.92. The molecule has 0 aromatic rings. The van der Waals surface area contributed by atoms with Crippen LogP contribution in [0.4, 0.5) is 0 Å². The van der Waals surface area contributed by atoms with Crippen molar-refractivity contribution in [1.29, 1.82) is 10.8 Å². The average molecular weight is 164 g/mol. The maximum absolute atomic E-state index is 7.50. The van der Waals surface area contributed by atoms with Gasteiger partial charge in [-0.05, 0) is 13.8 Å². The fourth-order valence-electron chi connectivity index (χ4n) is 1.05. The minimum atomic E-state index is 0.166. The number of nitrogens with one attached hydrogen (secondary N) is 2. The van der Waals surface area contributed by atoms with Crippen LogP contribution in [0, 0.1) is 10.8 Å². The Morgan fingerprint density at radius 2 is 1.08 bits per heavy atom. The van der Waals surface area contributed by atoms with Crippen molar-refractivity contribution in [1.82, 2.24) is 0 Å². The van der Waals surface area contributed by atoms with E-state index in [1.165, 1.54) is 0 Å². The lowest BCUT2D eigenvalue weighted by Gasteiger charge is -2.18. The third-order valence-corrected chi connectivity index (χ3v) is 2.10. The topological polar surface area (TPSA) is 99.7 Å². The van der Waals surface area contributed by atoms with Gasteiger partial charge in [0.1, 0.15) is 0 Å². The number of hydrogen-bond acceptors (Lipinski definition) is 4. The summed E-state index contributed by atoms with van der Waals surface area (Å²) < 4.78 is 0.